The van der Waals surface area contributed by atoms with Crippen LogP contribution in [0.1, 0.15) is 5.56 Å². The highest BCUT2D eigenvalue weighted by Crippen LogP contribution is 2.27. The third kappa shape index (κ3) is 5.82. The van der Waals surface area contributed by atoms with E-state index in [4.69, 9.17) is 16.3 Å². The summed E-state index contributed by atoms with van der Waals surface area (Å²) in [4.78, 5) is 12.7. The molecule has 0 saturated heterocycles. The van der Waals surface area contributed by atoms with E-state index in [1.807, 2.05) is 0 Å². The zero-order valence-corrected chi connectivity index (χ0v) is 18.4. The molecule has 0 unspecified atom stereocenters. The van der Waals surface area contributed by atoms with Crippen LogP contribution in [0.25, 0.3) is 0 Å². The second kappa shape index (κ2) is 10.1. The first-order valence-corrected chi connectivity index (χ1v) is 11.2. The van der Waals surface area contributed by atoms with Crippen LogP contribution in [0.15, 0.2) is 71.6 Å². The fourth-order valence-corrected chi connectivity index (χ4v) is 4.45. The summed E-state index contributed by atoms with van der Waals surface area (Å²) >= 11 is 6.04. The van der Waals surface area contributed by atoms with Gasteiger partial charge in [0.1, 0.15) is 11.8 Å². The smallest absolute Gasteiger partial charge is 0.242 e. The number of methoxy groups -OCH3 is 1. The number of amides is 1. The van der Waals surface area contributed by atoms with Crippen molar-refractivity contribution in [3.8, 4) is 5.75 Å². The molecule has 0 aliphatic rings. The standard InChI is InChI=1S/C22H19ClF2N2O4S/c1-31-21-10-8-16(13-17(21)23)32(29,30)27-20(11-14-5-3-2-4-6-14)22(28)26-15-7-9-18(24)19(25)12-15/h2-10,12-13,20,27H,11H2,1H3,(H,26,28)/t20-/m0/s1. The van der Waals surface area contributed by atoms with Gasteiger partial charge in [-0.25, -0.2) is 17.2 Å². The van der Waals surface area contributed by atoms with Gasteiger partial charge in [0.25, 0.3) is 0 Å². The van der Waals surface area contributed by atoms with Gasteiger partial charge in [-0.1, -0.05) is 41.9 Å². The van der Waals surface area contributed by atoms with Crippen molar-refractivity contribution in [2.75, 3.05) is 12.4 Å². The van der Waals surface area contributed by atoms with Gasteiger partial charge in [0.2, 0.25) is 15.9 Å². The minimum Gasteiger partial charge on any atom is -0.495 e. The number of halogens is 3. The van der Waals surface area contributed by atoms with E-state index in [-0.39, 0.29) is 22.0 Å². The first kappa shape index (κ1) is 23.6. The monoisotopic (exact) mass is 480 g/mol. The van der Waals surface area contributed by atoms with Crippen molar-refractivity contribution in [1.82, 2.24) is 4.72 Å². The number of benzene rings is 3. The first-order valence-electron chi connectivity index (χ1n) is 9.35. The molecule has 1 atom stereocenters. The summed E-state index contributed by atoms with van der Waals surface area (Å²) in [7, 11) is -2.77. The molecule has 1 amide bonds. The molecule has 0 aromatic heterocycles. The predicted octanol–water partition coefficient (Wildman–Crippen LogP) is 4.16. The van der Waals surface area contributed by atoms with Crippen LogP contribution in [0.4, 0.5) is 14.5 Å². The molecule has 0 aliphatic carbocycles. The molecular weight excluding hydrogens is 462 g/mol. The van der Waals surface area contributed by atoms with Crippen molar-refractivity contribution in [3.05, 3.63) is 89.0 Å². The maximum absolute atomic E-state index is 13.5. The fourth-order valence-electron chi connectivity index (χ4n) is 2.91. The predicted molar refractivity (Wildman–Crippen MR) is 117 cm³/mol. The van der Waals surface area contributed by atoms with Crippen molar-refractivity contribution in [2.24, 2.45) is 0 Å². The Morgan fingerprint density at radius 1 is 1.03 bits per heavy atom. The van der Waals surface area contributed by atoms with Crippen LogP contribution in [0.2, 0.25) is 5.02 Å². The molecule has 0 aliphatic heterocycles. The molecule has 10 heteroatoms. The number of carbonyl (C=O) groups is 1. The number of sulfonamides is 1. The molecule has 6 nitrogen and oxygen atoms in total. The number of anilines is 1. The van der Waals surface area contributed by atoms with Gasteiger partial charge in [0.15, 0.2) is 11.6 Å². The van der Waals surface area contributed by atoms with Crippen LogP contribution in [-0.2, 0) is 21.2 Å². The number of hydrogen-bond donors (Lipinski definition) is 2. The zero-order chi connectivity index (χ0) is 23.3. The van der Waals surface area contributed by atoms with E-state index >= 15 is 0 Å². The van der Waals surface area contributed by atoms with E-state index in [0.29, 0.717) is 11.3 Å². The topological polar surface area (TPSA) is 84.5 Å². The molecule has 3 aromatic rings. The van der Waals surface area contributed by atoms with E-state index in [1.165, 1.54) is 31.4 Å². The Morgan fingerprint density at radius 3 is 2.38 bits per heavy atom. The molecule has 2 N–H and O–H groups in total. The summed E-state index contributed by atoms with van der Waals surface area (Å²) in [5, 5.41) is 2.50. The lowest BCUT2D eigenvalue weighted by atomic mass is 10.1. The third-order valence-electron chi connectivity index (χ3n) is 4.52. The molecule has 0 bridgehead atoms. The molecule has 32 heavy (non-hydrogen) atoms. The molecule has 3 aromatic carbocycles. The second-order valence-corrected chi connectivity index (χ2v) is 8.90. The van der Waals surface area contributed by atoms with Gasteiger partial charge in [-0.2, -0.15) is 4.72 Å². The van der Waals surface area contributed by atoms with E-state index in [1.54, 1.807) is 30.3 Å². The zero-order valence-electron chi connectivity index (χ0n) is 16.8. The minimum absolute atomic E-state index is 0.0134. The summed E-state index contributed by atoms with van der Waals surface area (Å²) in [6, 6.07) is 14.2. The quantitative estimate of drug-likeness (QED) is 0.507. The van der Waals surface area contributed by atoms with Gasteiger partial charge in [0, 0.05) is 11.8 Å². The van der Waals surface area contributed by atoms with E-state index in [9.17, 15) is 22.0 Å². The maximum Gasteiger partial charge on any atom is 0.242 e. The lowest BCUT2D eigenvalue weighted by Gasteiger charge is -2.19. The Morgan fingerprint density at radius 2 is 1.75 bits per heavy atom. The van der Waals surface area contributed by atoms with Gasteiger partial charge >= 0.3 is 0 Å². The SMILES string of the molecule is COc1ccc(S(=O)(=O)N[C@@H](Cc2ccccc2)C(=O)Nc2ccc(F)c(F)c2)cc1Cl. The first-order chi connectivity index (χ1) is 15.2. The average Bonchev–Trinajstić information content (AvgIpc) is 2.76. The largest absolute Gasteiger partial charge is 0.495 e. The van der Waals surface area contributed by atoms with Crippen molar-refractivity contribution in [1.29, 1.82) is 0 Å². The Kier molecular flexibility index (Phi) is 7.44. The Hall–Kier alpha value is -3.01. The highest BCUT2D eigenvalue weighted by atomic mass is 35.5. The highest BCUT2D eigenvalue weighted by Gasteiger charge is 2.27. The summed E-state index contributed by atoms with van der Waals surface area (Å²) in [5.74, 6) is -2.66. The van der Waals surface area contributed by atoms with Crippen LogP contribution in [-0.4, -0.2) is 27.5 Å². The third-order valence-corrected chi connectivity index (χ3v) is 6.28. The Bertz CT molecular complexity index is 1220. The average molecular weight is 481 g/mol. The van der Waals surface area contributed by atoms with E-state index in [0.717, 1.165) is 12.1 Å². The molecule has 0 radical (unpaired) electrons. The van der Waals surface area contributed by atoms with Crippen LogP contribution in [0.3, 0.4) is 0 Å². The van der Waals surface area contributed by atoms with Crippen LogP contribution in [0.5, 0.6) is 5.75 Å². The fraction of sp³-hybridized carbons (Fsp3) is 0.136. The van der Waals surface area contributed by atoms with Gasteiger partial charge in [-0.3, -0.25) is 4.79 Å². The van der Waals surface area contributed by atoms with Crippen molar-refractivity contribution in [2.45, 2.75) is 17.4 Å². The van der Waals surface area contributed by atoms with Crippen molar-refractivity contribution >= 4 is 33.2 Å². The molecule has 3 rings (SSSR count). The number of nitrogens with one attached hydrogen (secondary N) is 2. The number of rotatable bonds is 8. The highest BCUT2D eigenvalue weighted by molar-refractivity contribution is 7.89. The normalized spacial score (nSPS) is 12.2. The Balaban J connectivity index is 1.88. The maximum atomic E-state index is 13.5. The summed E-state index contributed by atoms with van der Waals surface area (Å²) in [5.41, 5.74) is 0.673. The van der Waals surface area contributed by atoms with Gasteiger partial charge < -0.3 is 10.1 Å². The Labute approximate surface area is 189 Å². The molecule has 0 heterocycles. The molecule has 168 valence electrons. The molecular formula is C22H19ClF2N2O4S. The van der Waals surface area contributed by atoms with Gasteiger partial charge in [-0.05, 0) is 42.3 Å². The van der Waals surface area contributed by atoms with Crippen LogP contribution < -0.4 is 14.8 Å². The molecule has 0 spiro atoms. The number of hydrogen-bond acceptors (Lipinski definition) is 4. The number of ether oxygens (including phenoxy) is 1. The summed E-state index contributed by atoms with van der Waals surface area (Å²) in [6.07, 6.45) is 0.0134. The molecule has 0 saturated carbocycles. The summed E-state index contributed by atoms with van der Waals surface area (Å²) in [6.45, 7) is 0. The second-order valence-electron chi connectivity index (χ2n) is 6.78. The lowest BCUT2D eigenvalue weighted by Crippen LogP contribution is -2.45. The minimum atomic E-state index is -4.16. The van der Waals surface area contributed by atoms with Crippen LogP contribution >= 0.6 is 11.6 Å². The number of carbonyl (C=O) groups excluding carboxylic acids is 1. The van der Waals surface area contributed by atoms with E-state index in [2.05, 4.69) is 10.0 Å². The van der Waals surface area contributed by atoms with E-state index < -0.39 is 33.6 Å². The lowest BCUT2D eigenvalue weighted by molar-refractivity contribution is -0.117. The molecule has 0 fully saturated rings. The van der Waals surface area contributed by atoms with Gasteiger partial charge in [0.05, 0.1) is 17.0 Å². The van der Waals surface area contributed by atoms with Crippen molar-refractivity contribution < 1.29 is 26.7 Å². The summed E-state index contributed by atoms with van der Waals surface area (Å²) < 4.78 is 60.0. The van der Waals surface area contributed by atoms with Gasteiger partial charge in [-0.15, -0.1) is 0 Å². The van der Waals surface area contributed by atoms with Crippen LogP contribution in [0, 0.1) is 11.6 Å². The van der Waals surface area contributed by atoms with Crippen molar-refractivity contribution in [3.63, 3.8) is 0 Å².